The van der Waals surface area contributed by atoms with Crippen molar-refractivity contribution in [2.24, 2.45) is 5.92 Å². The Bertz CT molecular complexity index is 861. The molecule has 3 amide bonds. The first kappa shape index (κ1) is 21.9. The molecule has 7 heteroatoms. The number of rotatable bonds is 8. The predicted molar refractivity (Wildman–Crippen MR) is 116 cm³/mol. The highest BCUT2D eigenvalue weighted by Crippen LogP contribution is 2.15. The predicted octanol–water partition coefficient (Wildman–Crippen LogP) is 3.47. The smallest absolute Gasteiger partial charge is 0.251 e. The molecule has 0 radical (unpaired) electrons. The number of hydrogen-bond acceptors (Lipinski definition) is 4. The van der Waals surface area contributed by atoms with Gasteiger partial charge in [-0.1, -0.05) is 19.9 Å². The lowest BCUT2D eigenvalue weighted by Crippen LogP contribution is -2.30. The second kappa shape index (κ2) is 10.3. The van der Waals surface area contributed by atoms with Crippen LogP contribution in [0.25, 0.3) is 0 Å². The van der Waals surface area contributed by atoms with Crippen molar-refractivity contribution in [3.8, 4) is 0 Å². The first-order valence-corrected chi connectivity index (χ1v) is 9.60. The van der Waals surface area contributed by atoms with Crippen LogP contribution >= 0.6 is 0 Å². The molecule has 0 atom stereocenters. The second-order valence-electron chi connectivity index (χ2n) is 7.33. The lowest BCUT2D eigenvalue weighted by Gasteiger charge is -2.11. The average molecular weight is 396 g/mol. The van der Waals surface area contributed by atoms with Crippen molar-refractivity contribution >= 4 is 34.8 Å². The number of nitrogens with one attached hydrogen (secondary N) is 4. The summed E-state index contributed by atoms with van der Waals surface area (Å²) in [5, 5.41) is 11.4. The number of benzene rings is 2. The Labute approximate surface area is 171 Å². The van der Waals surface area contributed by atoms with Crippen LogP contribution in [0.5, 0.6) is 0 Å². The van der Waals surface area contributed by atoms with Gasteiger partial charge in [0, 0.05) is 34.6 Å². The summed E-state index contributed by atoms with van der Waals surface area (Å²) < 4.78 is 0. The summed E-state index contributed by atoms with van der Waals surface area (Å²) >= 11 is 0. The number of anilines is 3. The van der Waals surface area contributed by atoms with Crippen LogP contribution < -0.4 is 21.3 Å². The summed E-state index contributed by atoms with van der Waals surface area (Å²) in [5.41, 5.74) is 2.52. The van der Waals surface area contributed by atoms with Crippen LogP contribution in [0.3, 0.4) is 0 Å². The molecular weight excluding hydrogens is 368 g/mol. The van der Waals surface area contributed by atoms with Gasteiger partial charge in [0.15, 0.2) is 0 Å². The van der Waals surface area contributed by atoms with Gasteiger partial charge in [0.05, 0.1) is 6.54 Å². The van der Waals surface area contributed by atoms with E-state index in [-0.39, 0.29) is 36.2 Å². The minimum atomic E-state index is -0.221. The summed E-state index contributed by atoms with van der Waals surface area (Å²) in [7, 11) is 0. The zero-order chi connectivity index (χ0) is 21.4. The summed E-state index contributed by atoms with van der Waals surface area (Å²) in [6.45, 7) is 7.50. The van der Waals surface area contributed by atoms with E-state index in [4.69, 9.17) is 0 Å². The van der Waals surface area contributed by atoms with Gasteiger partial charge in [-0.25, -0.2) is 0 Å². The highest BCUT2D eigenvalue weighted by Gasteiger charge is 2.09. The molecule has 29 heavy (non-hydrogen) atoms. The Hall–Kier alpha value is -3.35. The third-order valence-electron chi connectivity index (χ3n) is 3.96. The van der Waals surface area contributed by atoms with E-state index in [0.717, 1.165) is 0 Å². The summed E-state index contributed by atoms with van der Waals surface area (Å²) in [4.78, 5) is 36.0. The van der Waals surface area contributed by atoms with Crippen molar-refractivity contribution < 1.29 is 14.4 Å². The maximum absolute atomic E-state index is 12.2. The monoisotopic (exact) mass is 396 g/mol. The molecule has 0 aliphatic heterocycles. The fourth-order valence-electron chi connectivity index (χ4n) is 2.43. The van der Waals surface area contributed by atoms with Gasteiger partial charge in [-0.05, 0) is 56.3 Å². The van der Waals surface area contributed by atoms with E-state index >= 15 is 0 Å². The van der Waals surface area contributed by atoms with Gasteiger partial charge in [0.2, 0.25) is 11.8 Å². The number of carbonyl (C=O) groups is 3. The van der Waals surface area contributed by atoms with Crippen molar-refractivity contribution in [3.63, 3.8) is 0 Å². The minimum absolute atomic E-state index is 0.0509. The number of amides is 3. The average Bonchev–Trinajstić information content (AvgIpc) is 2.67. The fraction of sp³-hybridized carbons (Fsp3) is 0.318. The summed E-state index contributed by atoms with van der Waals surface area (Å²) in [5.74, 6) is -0.538. The third-order valence-corrected chi connectivity index (χ3v) is 3.96. The third kappa shape index (κ3) is 7.29. The normalized spacial score (nSPS) is 10.6. The molecule has 0 heterocycles. The second-order valence-corrected chi connectivity index (χ2v) is 7.33. The van der Waals surface area contributed by atoms with Gasteiger partial charge in [0.1, 0.15) is 0 Å². The first-order valence-electron chi connectivity index (χ1n) is 9.60. The summed E-state index contributed by atoms with van der Waals surface area (Å²) in [6, 6.07) is 14.0. The molecular formula is C22H28N4O3. The fourth-order valence-corrected chi connectivity index (χ4v) is 2.43. The van der Waals surface area contributed by atoms with Crippen LogP contribution in [0.1, 0.15) is 38.1 Å². The van der Waals surface area contributed by atoms with Gasteiger partial charge in [0.25, 0.3) is 5.91 Å². The zero-order valence-electron chi connectivity index (χ0n) is 17.2. The van der Waals surface area contributed by atoms with Crippen molar-refractivity contribution in [2.45, 2.75) is 33.7 Å². The maximum Gasteiger partial charge on any atom is 0.251 e. The molecule has 0 fully saturated rings. The van der Waals surface area contributed by atoms with E-state index in [9.17, 15) is 14.4 Å². The SMILES string of the molecule is CC(C)NC(=O)c1cccc(NCC(=O)Nc2ccc(NC(=O)C(C)C)cc2)c1. The van der Waals surface area contributed by atoms with E-state index < -0.39 is 0 Å². The van der Waals surface area contributed by atoms with E-state index in [1.54, 1.807) is 48.5 Å². The Morgan fingerprint density at radius 2 is 1.45 bits per heavy atom. The first-order chi connectivity index (χ1) is 13.7. The molecule has 0 spiro atoms. The van der Waals surface area contributed by atoms with Crippen molar-refractivity contribution in [3.05, 3.63) is 54.1 Å². The van der Waals surface area contributed by atoms with Crippen molar-refractivity contribution in [2.75, 3.05) is 22.5 Å². The van der Waals surface area contributed by atoms with E-state index in [1.165, 1.54) is 0 Å². The van der Waals surface area contributed by atoms with Crippen LogP contribution in [0.2, 0.25) is 0 Å². The molecule has 2 aromatic carbocycles. The molecule has 2 aromatic rings. The van der Waals surface area contributed by atoms with Crippen molar-refractivity contribution in [1.82, 2.24) is 5.32 Å². The molecule has 7 nitrogen and oxygen atoms in total. The molecule has 0 bridgehead atoms. The van der Waals surface area contributed by atoms with Crippen LogP contribution in [0, 0.1) is 5.92 Å². The molecule has 0 aromatic heterocycles. The van der Waals surface area contributed by atoms with Crippen LogP contribution in [-0.4, -0.2) is 30.3 Å². The number of carbonyl (C=O) groups excluding carboxylic acids is 3. The van der Waals surface area contributed by atoms with E-state index in [1.807, 2.05) is 27.7 Å². The molecule has 154 valence electrons. The van der Waals surface area contributed by atoms with Crippen LogP contribution in [0.4, 0.5) is 17.1 Å². The molecule has 2 rings (SSSR count). The van der Waals surface area contributed by atoms with Gasteiger partial charge in [-0.3, -0.25) is 14.4 Å². The Balaban J connectivity index is 1.87. The highest BCUT2D eigenvalue weighted by molar-refractivity contribution is 5.96. The molecule has 0 saturated carbocycles. The molecule has 4 N–H and O–H groups in total. The molecule has 0 aliphatic carbocycles. The molecule has 0 saturated heterocycles. The standard InChI is InChI=1S/C22H28N4O3/c1-14(2)21(28)26-18-10-8-17(9-11-18)25-20(27)13-23-19-7-5-6-16(12-19)22(29)24-15(3)4/h5-12,14-15,23H,13H2,1-4H3,(H,24,29)(H,25,27)(H,26,28). The van der Waals surface area contributed by atoms with Gasteiger partial charge in [-0.2, -0.15) is 0 Å². The highest BCUT2D eigenvalue weighted by atomic mass is 16.2. The Kier molecular flexibility index (Phi) is 7.77. The Morgan fingerprint density at radius 1 is 0.828 bits per heavy atom. The van der Waals surface area contributed by atoms with Crippen LogP contribution in [0.15, 0.2) is 48.5 Å². The maximum atomic E-state index is 12.2. The Morgan fingerprint density at radius 3 is 2.03 bits per heavy atom. The largest absolute Gasteiger partial charge is 0.376 e. The lowest BCUT2D eigenvalue weighted by molar-refractivity contribution is -0.119. The number of hydrogen-bond donors (Lipinski definition) is 4. The lowest BCUT2D eigenvalue weighted by atomic mass is 10.1. The van der Waals surface area contributed by atoms with Gasteiger partial charge >= 0.3 is 0 Å². The molecule has 0 unspecified atom stereocenters. The van der Waals surface area contributed by atoms with E-state index in [0.29, 0.717) is 22.6 Å². The van der Waals surface area contributed by atoms with Gasteiger partial charge in [-0.15, -0.1) is 0 Å². The van der Waals surface area contributed by atoms with Crippen molar-refractivity contribution in [1.29, 1.82) is 0 Å². The van der Waals surface area contributed by atoms with Crippen LogP contribution in [-0.2, 0) is 9.59 Å². The van der Waals surface area contributed by atoms with Gasteiger partial charge < -0.3 is 21.3 Å². The van der Waals surface area contributed by atoms with E-state index in [2.05, 4.69) is 21.3 Å². The summed E-state index contributed by atoms with van der Waals surface area (Å²) in [6.07, 6.45) is 0. The zero-order valence-corrected chi connectivity index (χ0v) is 17.2. The quantitative estimate of drug-likeness (QED) is 0.549. The topological polar surface area (TPSA) is 99.3 Å². The minimum Gasteiger partial charge on any atom is -0.376 e. The molecule has 0 aliphatic rings.